The summed E-state index contributed by atoms with van der Waals surface area (Å²) in [6.07, 6.45) is 1.38. The maximum absolute atomic E-state index is 12.5. The van der Waals surface area contributed by atoms with Crippen LogP contribution >= 0.6 is 0 Å². The first kappa shape index (κ1) is 17.9. The van der Waals surface area contributed by atoms with Crippen molar-refractivity contribution in [3.05, 3.63) is 23.9 Å². The van der Waals surface area contributed by atoms with Crippen molar-refractivity contribution in [1.82, 2.24) is 15.2 Å². The van der Waals surface area contributed by atoms with E-state index < -0.39 is 15.1 Å². The zero-order valence-corrected chi connectivity index (χ0v) is 15.5. The third kappa shape index (κ3) is 3.43. The summed E-state index contributed by atoms with van der Waals surface area (Å²) >= 11 is 0. The van der Waals surface area contributed by atoms with Gasteiger partial charge >= 0.3 is 6.03 Å². The van der Waals surface area contributed by atoms with Gasteiger partial charge in [0.1, 0.15) is 5.82 Å². The van der Waals surface area contributed by atoms with E-state index in [1.807, 2.05) is 31.1 Å². The van der Waals surface area contributed by atoms with Crippen molar-refractivity contribution in [2.45, 2.75) is 17.9 Å². The van der Waals surface area contributed by atoms with Crippen LogP contribution in [0.4, 0.5) is 10.6 Å². The molecule has 1 N–H and O–H groups in total. The standard InChI is InChI=1S/C16H24N4O4S/c1-19(2)15-11(5-4-6-17-15)7-18-16(21)20-8-12-13(24-3)10-25(22,23)14(12)9-20/h4-6,12-14H,7-10H2,1-3H3,(H,18,21)/t12-,13+,14-/m0/s1. The summed E-state index contributed by atoms with van der Waals surface area (Å²) in [6, 6.07) is 3.48. The van der Waals surface area contributed by atoms with Gasteiger partial charge in [-0.05, 0) is 6.07 Å². The SMILES string of the molecule is CO[C@@H]1CS(=O)(=O)[C@H]2CN(C(=O)NCc3cccnc3N(C)C)C[C@@H]12. The van der Waals surface area contributed by atoms with E-state index in [-0.39, 0.29) is 30.4 Å². The molecule has 0 unspecified atom stereocenters. The number of fused-ring (bicyclic) bond motifs is 1. The number of urea groups is 1. The molecule has 25 heavy (non-hydrogen) atoms. The van der Waals surface area contributed by atoms with Gasteiger partial charge in [-0.3, -0.25) is 0 Å². The Morgan fingerprint density at radius 2 is 2.20 bits per heavy atom. The van der Waals surface area contributed by atoms with Gasteiger partial charge in [0.25, 0.3) is 0 Å². The number of hydrogen-bond acceptors (Lipinski definition) is 6. The van der Waals surface area contributed by atoms with Crippen LogP contribution in [-0.2, 0) is 21.1 Å². The molecule has 2 aliphatic heterocycles. The number of nitrogens with zero attached hydrogens (tertiary/aromatic N) is 3. The van der Waals surface area contributed by atoms with Gasteiger partial charge in [-0.25, -0.2) is 18.2 Å². The highest BCUT2D eigenvalue weighted by atomic mass is 32.2. The average Bonchev–Trinajstić information content (AvgIpc) is 3.12. The molecule has 1 aromatic rings. The summed E-state index contributed by atoms with van der Waals surface area (Å²) in [5.41, 5.74) is 0.905. The van der Waals surface area contributed by atoms with E-state index in [2.05, 4.69) is 10.3 Å². The number of carbonyl (C=O) groups is 1. The molecule has 2 saturated heterocycles. The van der Waals surface area contributed by atoms with Crippen molar-refractivity contribution in [2.75, 3.05) is 44.9 Å². The molecule has 8 nitrogen and oxygen atoms in total. The van der Waals surface area contributed by atoms with Crippen LogP contribution in [0, 0.1) is 5.92 Å². The molecule has 3 atom stereocenters. The zero-order chi connectivity index (χ0) is 18.2. The Morgan fingerprint density at radius 3 is 2.88 bits per heavy atom. The van der Waals surface area contributed by atoms with E-state index in [1.165, 1.54) is 7.11 Å². The maximum atomic E-state index is 12.5. The van der Waals surface area contributed by atoms with Crippen molar-refractivity contribution < 1.29 is 17.9 Å². The Bertz CT molecular complexity index is 752. The molecule has 3 heterocycles. The molecule has 0 saturated carbocycles. The first-order chi connectivity index (χ1) is 11.8. The van der Waals surface area contributed by atoms with Crippen molar-refractivity contribution in [1.29, 1.82) is 0 Å². The fourth-order valence-corrected chi connectivity index (χ4v) is 5.96. The molecule has 0 spiro atoms. The predicted molar refractivity (Wildman–Crippen MR) is 94.2 cm³/mol. The normalized spacial score (nSPS) is 27.2. The van der Waals surface area contributed by atoms with Crippen LogP contribution in [0.25, 0.3) is 0 Å². The number of nitrogens with one attached hydrogen (secondary N) is 1. The molecule has 0 radical (unpaired) electrons. The van der Waals surface area contributed by atoms with Crippen LogP contribution in [0.5, 0.6) is 0 Å². The molecule has 1 aromatic heterocycles. The van der Waals surface area contributed by atoms with Gasteiger partial charge in [0.15, 0.2) is 9.84 Å². The lowest BCUT2D eigenvalue weighted by Crippen LogP contribution is -2.40. The van der Waals surface area contributed by atoms with Gasteiger partial charge in [0, 0.05) is 58.5 Å². The summed E-state index contributed by atoms with van der Waals surface area (Å²) < 4.78 is 29.8. The van der Waals surface area contributed by atoms with E-state index in [1.54, 1.807) is 11.1 Å². The summed E-state index contributed by atoms with van der Waals surface area (Å²) in [7, 11) is 2.11. The zero-order valence-electron chi connectivity index (χ0n) is 14.7. The third-order valence-corrected chi connectivity index (χ3v) is 7.17. The monoisotopic (exact) mass is 368 g/mol. The first-order valence-electron chi connectivity index (χ1n) is 8.22. The molecule has 2 amide bonds. The second-order valence-electron chi connectivity index (χ2n) is 6.75. The lowest BCUT2D eigenvalue weighted by atomic mass is 10.0. The maximum Gasteiger partial charge on any atom is 0.317 e. The summed E-state index contributed by atoms with van der Waals surface area (Å²) in [4.78, 5) is 20.2. The number of ether oxygens (including phenoxy) is 1. The molecule has 138 valence electrons. The molecule has 2 aliphatic rings. The molecule has 0 bridgehead atoms. The minimum absolute atomic E-state index is 0.0518. The van der Waals surface area contributed by atoms with Crippen LogP contribution < -0.4 is 10.2 Å². The average molecular weight is 368 g/mol. The molecule has 0 aliphatic carbocycles. The number of rotatable bonds is 4. The third-order valence-electron chi connectivity index (χ3n) is 4.96. The minimum atomic E-state index is -3.20. The number of methoxy groups -OCH3 is 1. The number of amides is 2. The molecular formula is C16H24N4O4S. The Labute approximate surface area is 148 Å². The van der Waals surface area contributed by atoms with Gasteiger partial charge in [-0.15, -0.1) is 0 Å². The van der Waals surface area contributed by atoms with Crippen molar-refractivity contribution in [3.8, 4) is 0 Å². The van der Waals surface area contributed by atoms with Crippen LogP contribution in [0.3, 0.4) is 0 Å². The number of pyridine rings is 1. The Kier molecular flexibility index (Phi) is 4.88. The molecule has 0 aromatic carbocycles. The highest BCUT2D eigenvalue weighted by molar-refractivity contribution is 7.92. The summed E-state index contributed by atoms with van der Waals surface area (Å²) in [5, 5.41) is 2.36. The highest BCUT2D eigenvalue weighted by Gasteiger charge is 2.53. The molecule has 2 fully saturated rings. The summed E-state index contributed by atoms with van der Waals surface area (Å²) in [5.74, 6) is 0.704. The largest absolute Gasteiger partial charge is 0.380 e. The number of hydrogen-bond donors (Lipinski definition) is 1. The van der Waals surface area contributed by atoms with Gasteiger partial charge < -0.3 is 19.9 Å². The van der Waals surface area contributed by atoms with Crippen LogP contribution in [-0.4, -0.2) is 75.7 Å². The van der Waals surface area contributed by atoms with Crippen LogP contribution in [0.15, 0.2) is 18.3 Å². The van der Waals surface area contributed by atoms with E-state index in [4.69, 9.17) is 4.74 Å². The molecule has 9 heteroatoms. The van der Waals surface area contributed by atoms with E-state index >= 15 is 0 Å². The number of carbonyl (C=O) groups excluding carboxylic acids is 1. The van der Waals surface area contributed by atoms with Gasteiger partial charge in [-0.1, -0.05) is 6.07 Å². The van der Waals surface area contributed by atoms with E-state index in [9.17, 15) is 13.2 Å². The fraction of sp³-hybridized carbons (Fsp3) is 0.625. The van der Waals surface area contributed by atoms with Crippen molar-refractivity contribution >= 4 is 21.7 Å². The number of aromatic nitrogens is 1. The smallest absolute Gasteiger partial charge is 0.317 e. The predicted octanol–water partition coefficient (Wildman–Crippen LogP) is 0.101. The van der Waals surface area contributed by atoms with Crippen LogP contribution in [0.1, 0.15) is 5.56 Å². The van der Waals surface area contributed by atoms with Crippen molar-refractivity contribution in [2.24, 2.45) is 5.92 Å². The Hall–Kier alpha value is -1.87. The van der Waals surface area contributed by atoms with Crippen LogP contribution in [0.2, 0.25) is 0 Å². The Balaban J connectivity index is 1.64. The van der Waals surface area contributed by atoms with Gasteiger partial charge in [0.05, 0.1) is 17.1 Å². The topological polar surface area (TPSA) is 91.8 Å². The van der Waals surface area contributed by atoms with Gasteiger partial charge in [-0.2, -0.15) is 0 Å². The first-order valence-corrected chi connectivity index (χ1v) is 9.93. The fourth-order valence-electron chi connectivity index (χ4n) is 3.67. The lowest BCUT2D eigenvalue weighted by molar-refractivity contribution is 0.0821. The van der Waals surface area contributed by atoms with E-state index in [0.717, 1.165) is 11.4 Å². The second kappa shape index (κ2) is 6.80. The lowest BCUT2D eigenvalue weighted by Gasteiger charge is -2.21. The minimum Gasteiger partial charge on any atom is -0.380 e. The Morgan fingerprint density at radius 1 is 1.44 bits per heavy atom. The quantitative estimate of drug-likeness (QED) is 0.811. The molecule has 3 rings (SSSR count). The highest BCUT2D eigenvalue weighted by Crippen LogP contribution is 2.35. The second-order valence-corrected chi connectivity index (χ2v) is 9.01. The van der Waals surface area contributed by atoms with E-state index in [0.29, 0.717) is 13.1 Å². The number of likely N-dealkylation sites (tertiary alicyclic amines) is 1. The van der Waals surface area contributed by atoms with Gasteiger partial charge in [0.2, 0.25) is 0 Å². The van der Waals surface area contributed by atoms with Crippen molar-refractivity contribution in [3.63, 3.8) is 0 Å². The molecular weight excluding hydrogens is 344 g/mol. The number of anilines is 1. The number of sulfone groups is 1. The summed E-state index contributed by atoms with van der Waals surface area (Å²) in [6.45, 7) is 0.973.